The number of carbonyl (C=O) groups excluding carboxylic acids is 3. The summed E-state index contributed by atoms with van der Waals surface area (Å²) in [6.07, 6.45) is 1.91. The highest BCUT2D eigenvalue weighted by Crippen LogP contribution is 2.29. The summed E-state index contributed by atoms with van der Waals surface area (Å²) in [5.41, 5.74) is 0.979. The molecule has 0 spiro atoms. The maximum Gasteiger partial charge on any atom is 0.228 e. The van der Waals surface area contributed by atoms with Crippen molar-refractivity contribution in [3.63, 3.8) is 0 Å². The van der Waals surface area contributed by atoms with Gasteiger partial charge >= 0.3 is 0 Å². The van der Waals surface area contributed by atoms with Gasteiger partial charge in [0.15, 0.2) is 0 Å². The van der Waals surface area contributed by atoms with Gasteiger partial charge in [0.2, 0.25) is 17.7 Å². The van der Waals surface area contributed by atoms with E-state index in [1.807, 2.05) is 35.2 Å². The summed E-state index contributed by atoms with van der Waals surface area (Å²) in [7, 11) is 0. The van der Waals surface area contributed by atoms with E-state index in [0.29, 0.717) is 19.6 Å². The van der Waals surface area contributed by atoms with E-state index in [2.05, 4.69) is 5.32 Å². The highest BCUT2D eigenvalue weighted by atomic mass is 16.2. The molecule has 1 aromatic carbocycles. The molecular weight excluding hydrogens is 318 g/mol. The van der Waals surface area contributed by atoms with Gasteiger partial charge in [-0.3, -0.25) is 14.4 Å². The third kappa shape index (κ3) is 4.00. The minimum atomic E-state index is -0.246. The van der Waals surface area contributed by atoms with Gasteiger partial charge in [-0.05, 0) is 18.4 Å². The summed E-state index contributed by atoms with van der Waals surface area (Å²) < 4.78 is 0. The standard InChI is InChI=1S/C19H25N3O3/c1-14(23)21-10-5-8-16(13-21)19(25)22-11-9-20-18(24)12-17(22)15-6-3-2-4-7-15/h2-4,6-7,16-17H,5,8-13H2,1H3,(H,20,24)/t16-,17+/m0/s1. The van der Waals surface area contributed by atoms with Crippen LogP contribution in [0.3, 0.4) is 0 Å². The molecule has 2 heterocycles. The first-order chi connectivity index (χ1) is 12.1. The van der Waals surface area contributed by atoms with Crippen molar-refractivity contribution in [2.75, 3.05) is 26.2 Å². The molecule has 25 heavy (non-hydrogen) atoms. The number of hydrogen-bond donors (Lipinski definition) is 1. The summed E-state index contributed by atoms with van der Waals surface area (Å²) in [5.74, 6) is -0.142. The molecule has 3 rings (SSSR count). The molecule has 3 amide bonds. The zero-order chi connectivity index (χ0) is 17.8. The first-order valence-electron chi connectivity index (χ1n) is 8.94. The van der Waals surface area contributed by atoms with Gasteiger partial charge in [-0.25, -0.2) is 0 Å². The molecule has 2 aliphatic heterocycles. The van der Waals surface area contributed by atoms with E-state index in [-0.39, 0.29) is 36.1 Å². The van der Waals surface area contributed by atoms with Crippen molar-refractivity contribution < 1.29 is 14.4 Å². The number of piperidine rings is 1. The molecule has 1 aromatic rings. The highest BCUT2D eigenvalue weighted by molar-refractivity contribution is 5.83. The largest absolute Gasteiger partial charge is 0.354 e. The Bertz CT molecular complexity index is 647. The lowest BCUT2D eigenvalue weighted by molar-refractivity contribution is -0.142. The first-order valence-corrected chi connectivity index (χ1v) is 8.94. The Balaban J connectivity index is 1.82. The van der Waals surface area contributed by atoms with Gasteiger partial charge in [-0.2, -0.15) is 0 Å². The van der Waals surface area contributed by atoms with Crippen LogP contribution in [0.1, 0.15) is 37.8 Å². The molecule has 2 fully saturated rings. The van der Waals surface area contributed by atoms with Crippen LogP contribution in [0.15, 0.2) is 30.3 Å². The van der Waals surface area contributed by atoms with Crippen LogP contribution in [0, 0.1) is 5.92 Å². The van der Waals surface area contributed by atoms with Gasteiger partial charge in [-0.15, -0.1) is 0 Å². The summed E-state index contributed by atoms with van der Waals surface area (Å²) in [6.45, 7) is 3.72. The average Bonchev–Trinajstić information content (AvgIpc) is 2.83. The molecular formula is C19H25N3O3. The number of carbonyl (C=O) groups is 3. The summed E-state index contributed by atoms with van der Waals surface area (Å²) in [6, 6.07) is 9.47. The molecule has 0 bridgehead atoms. The molecule has 0 saturated carbocycles. The lowest BCUT2D eigenvalue weighted by Crippen LogP contribution is -2.47. The third-order valence-electron chi connectivity index (χ3n) is 5.11. The molecule has 134 valence electrons. The van der Waals surface area contributed by atoms with Crippen molar-refractivity contribution >= 4 is 17.7 Å². The zero-order valence-corrected chi connectivity index (χ0v) is 14.6. The van der Waals surface area contributed by atoms with E-state index in [0.717, 1.165) is 24.9 Å². The maximum absolute atomic E-state index is 13.2. The van der Waals surface area contributed by atoms with Gasteiger partial charge in [0, 0.05) is 33.1 Å². The number of nitrogens with one attached hydrogen (secondary N) is 1. The van der Waals surface area contributed by atoms with Crippen LogP contribution in [0.5, 0.6) is 0 Å². The summed E-state index contributed by atoms with van der Waals surface area (Å²) >= 11 is 0. The topological polar surface area (TPSA) is 69.7 Å². The number of benzene rings is 1. The predicted molar refractivity (Wildman–Crippen MR) is 93.5 cm³/mol. The Hall–Kier alpha value is -2.37. The van der Waals surface area contributed by atoms with Gasteiger partial charge < -0.3 is 15.1 Å². The molecule has 1 N–H and O–H groups in total. The Morgan fingerprint density at radius 3 is 2.64 bits per heavy atom. The number of hydrogen-bond acceptors (Lipinski definition) is 3. The summed E-state index contributed by atoms with van der Waals surface area (Å²) in [5, 5.41) is 2.86. The second-order valence-electron chi connectivity index (χ2n) is 6.82. The van der Waals surface area contributed by atoms with Crippen molar-refractivity contribution in [3.05, 3.63) is 35.9 Å². The van der Waals surface area contributed by atoms with Gasteiger partial charge in [0.1, 0.15) is 0 Å². The highest BCUT2D eigenvalue weighted by Gasteiger charge is 2.35. The van der Waals surface area contributed by atoms with Crippen molar-refractivity contribution in [2.24, 2.45) is 5.92 Å². The molecule has 0 aromatic heterocycles. The van der Waals surface area contributed by atoms with E-state index in [9.17, 15) is 14.4 Å². The smallest absolute Gasteiger partial charge is 0.228 e. The Morgan fingerprint density at radius 1 is 1.16 bits per heavy atom. The average molecular weight is 343 g/mol. The van der Waals surface area contributed by atoms with Crippen LogP contribution in [0.25, 0.3) is 0 Å². The Morgan fingerprint density at radius 2 is 1.92 bits per heavy atom. The van der Waals surface area contributed by atoms with Crippen LogP contribution in [-0.2, 0) is 14.4 Å². The molecule has 0 radical (unpaired) electrons. The summed E-state index contributed by atoms with van der Waals surface area (Å²) in [4.78, 5) is 40.5. The van der Waals surface area contributed by atoms with E-state index in [4.69, 9.17) is 0 Å². The van der Waals surface area contributed by atoms with Gasteiger partial charge in [-0.1, -0.05) is 30.3 Å². The first kappa shape index (κ1) is 17.5. The minimum Gasteiger partial charge on any atom is -0.354 e. The van der Waals surface area contributed by atoms with Crippen molar-refractivity contribution in [3.8, 4) is 0 Å². The lowest BCUT2D eigenvalue weighted by Gasteiger charge is -2.37. The Kier molecular flexibility index (Phi) is 5.36. The van der Waals surface area contributed by atoms with E-state index < -0.39 is 0 Å². The number of amides is 3. The van der Waals surface area contributed by atoms with E-state index in [1.54, 1.807) is 11.8 Å². The quantitative estimate of drug-likeness (QED) is 0.881. The van der Waals surface area contributed by atoms with Crippen molar-refractivity contribution in [2.45, 2.75) is 32.2 Å². The normalized spacial score (nSPS) is 24.4. The van der Waals surface area contributed by atoms with Crippen LogP contribution in [-0.4, -0.2) is 53.7 Å². The minimum absolute atomic E-state index is 0.0184. The molecule has 2 saturated heterocycles. The monoisotopic (exact) mass is 343 g/mol. The van der Waals surface area contributed by atoms with Crippen molar-refractivity contribution in [1.29, 1.82) is 0 Å². The molecule has 6 heteroatoms. The zero-order valence-electron chi connectivity index (χ0n) is 14.6. The Labute approximate surface area is 148 Å². The predicted octanol–water partition coefficient (Wildman–Crippen LogP) is 1.33. The third-order valence-corrected chi connectivity index (χ3v) is 5.11. The fraction of sp³-hybridized carbons (Fsp3) is 0.526. The molecule has 2 atom stereocenters. The fourth-order valence-electron chi connectivity index (χ4n) is 3.77. The number of likely N-dealkylation sites (tertiary alicyclic amines) is 1. The van der Waals surface area contributed by atoms with Crippen LogP contribution < -0.4 is 5.32 Å². The fourth-order valence-corrected chi connectivity index (χ4v) is 3.77. The van der Waals surface area contributed by atoms with E-state index >= 15 is 0 Å². The molecule has 2 aliphatic rings. The second kappa shape index (κ2) is 7.68. The van der Waals surface area contributed by atoms with Gasteiger partial charge in [0.25, 0.3) is 0 Å². The number of nitrogens with zero attached hydrogens (tertiary/aromatic N) is 2. The van der Waals surface area contributed by atoms with Gasteiger partial charge in [0.05, 0.1) is 18.4 Å². The maximum atomic E-state index is 13.2. The SMILES string of the molecule is CC(=O)N1CCC[C@H](C(=O)N2CCNC(=O)C[C@@H]2c2ccccc2)C1. The van der Waals surface area contributed by atoms with Crippen LogP contribution in [0.4, 0.5) is 0 Å². The number of rotatable bonds is 2. The van der Waals surface area contributed by atoms with E-state index in [1.165, 1.54) is 0 Å². The van der Waals surface area contributed by atoms with Crippen molar-refractivity contribution in [1.82, 2.24) is 15.1 Å². The molecule has 0 unspecified atom stereocenters. The second-order valence-corrected chi connectivity index (χ2v) is 6.82. The lowest BCUT2D eigenvalue weighted by atomic mass is 9.94. The molecule has 0 aliphatic carbocycles. The van der Waals surface area contributed by atoms with Crippen LogP contribution in [0.2, 0.25) is 0 Å². The van der Waals surface area contributed by atoms with Crippen LogP contribution >= 0.6 is 0 Å². The molecule has 6 nitrogen and oxygen atoms in total.